The number of piperazine rings is 1. The molecule has 5 nitrogen and oxygen atoms in total. The van der Waals surface area contributed by atoms with Gasteiger partial charge in [0.05, 0.1) is 0 Å². The lowest BCUT2D eigenvalue weighted by Crippen LogP contribution is -2.46. The Morgan fingerprint density at radius 1 is 1.03 bits per heavy atom. The number of rotatable bonds is 9. The van der Waals surface area contributed by atoms with Gasteiger partial charge in [-0.3, -0.25) is 9.69 Å². The molecule has 2 aliphatic carbocycles. The van der Waals surface area contributed by atoms with Crippen molar-refractivity contribution in [1.82, 2.24) is 9.80 Å². The average molecular weight is 507 g/mol. The van der Waals surface area contributed by atoms with Crippen LogP contribution in [-0.4, -0.2) is 48.3 Å². The van der Waals surface area contributed by atoms with Crippen LogP contribution in [0.15, 0.2) is 72.2 Å². The van der Waals surface area contributed by atoms with Crippen LogP contribution in [0.3, 0.4) is 0 Å². The standard InChI is InChI=1S/C31H39FN2O3/c32-29-14-8-7-13-27(29)28(31(35)25-11-5-2-6-12-25)15-16-33-17-19-34(20-18-33)30-23-36-26(22-37-30)21-24-9-3-1-4-10-24/h1,3,7-9,13-14,22-23,25,28H,2,4-6,10-12,15-21H2. The van der Waals surface area contributed by atoms with E-state index in [2.05, 4.69) is 28.0 Å². The van der Waals surface area contributed by atoms with Crippen LogP contribution in [-0.2, 0) is 14.3 Å². The van der Waals surface area contributed by atoms with E-state index in [9.17, 15) is 9.18 Å². The van der Waals surface area contributed by atoms with Crippen LogP contribution in [0.5, 0.6) is 0 Å². The van der Waals surface area contributed by atoms with E-state index in [1.165, 1.54) is 18.1 Å². The van der Waals surface area contributed by atoms with Crippen molar-refractivity contribution in [3.63, 3.8) is 0 Å². The fraction of sp³-hybridized carbons (Fsp3) is 0.516. The number of ether oxygens (including phenoxy) is 2. The van der Waals surface area contributed by atoms with Crippen molar-refractivity contribution in [3.8, 4) is 0 Å². The summed E-state index contributed by atoms with van der Waals surface area (Å²) in [4.78, 5) is 18.1. The summed E-state index contributed by atoms with van der Waals surface area (Å²) < 4.78 is 26.5. The average Bonchev–Trinajstić information content (AvgIpc) is 2.96. The maximum absolute atomic E-state index is 14.7. The number of hydrogen-bond acceptors (Lipinski definition) is 5. The number of allylic oxidation sites excluding steroid dienone is 4. The quantitative estimate of drug-likeness (QED) is 0.387. The van der Waals surface area contributed by atoms with Gasteiger partial charge in [-0.15, -0.1) is 0 Å². The lowest BCUT2D eigenvalue weighted by atomic mass is 9.78. The van der Waals surface area contributed by atoms with E-state index in [4.69, 9.17) is 9.47 Å². The molecule has 6 heteroatoms. The zero-order chi connectivity index (χ0) is 25.5. The van der Waals surface area contributed by atoms with E-state index in [1.807, 2.05) is 6.07 Å². The highest BCUT2D eigenvalue weighted by Gasteiger charge is 2.31. The molecule has 1 unspecified atom stereocenters. The van der Waals surface area contributed by atoms with E-state index >= 15 is 0 Å². The number of Topliss-reactive ketones (excluding diaryl/α,β-unsaturated/α-hetero) is 1. The van der Waals surface area contributed by atoms with Crippen LogP contribution in [0.25, 0.3) is 0 Å². The van der Waals surface area contributed by atoms with Crippen LogP contribution < -0.4 is 0 Å². The number of halogens is 1. The van der Waals surface area contributed by atoms with E-state index in [-0.39, 0.29) is 23.4 Å². The molecule has 198 valence electrons. The Morgan fingerprint density at radius 3 is 2.54 bits per heavy atom. The minimum atomic E-state index is -0.363. The second-order valence-corrected chi connectivity index (χ2v) is 10.7. The Balaban J connectivity index is 1.12. The summed E-state index contributed by atoms with van der Waals surface area (Å²) in [6.45, 7) is 4.19. The van der Waals surface area contributed by atoms with Crippen LogP contribution >= 0.6 is 0 Å². The molecule has 1 saturated carbocycles. The number of benzene rings is 1. The number of carbonyl (C=O) groups excluding carboxylic acids is 1. The molecule has 0 radical (unpaired) electrons. The molecule has 0 amide bonds. The minimum Gasteiger partial charge on any atom is -0.460 e. The summed E-state index contributed by atoms with van der Waals surface area (Å²) in [5, 5.41) is 0. The van der Waals surface area contributed by atoms with Crippen LogP contribution in [0.1, 0.15) is 69.3 Å². The highest BCUT2D eigenvalue weighted by molar-refractivity contribution is 5.88. The smallest absolute Gasteiger partial charge is 0.231 e. The van der Waals surface area contributed by atoms with Crippen LogP contribution in [0.4, 0.5) is 4.39 Å². The van der Waals surface area contributed by atoms with Crippen molar-refractivity contribution in [2.24, 2.45) is 5.92 Å². The maximum atomic E-state index is 14.7. The molecule has 4 aliphatic rings. The molecule has 2 heterocycles. The highest BCUT2D eigenvalue weighted by Crippen LogP contribution is 2.33. The molecule has 5 rings (SSSR count). The third-order valence-electron chi connectivity index (χ3n) is 8.17. The van der Waals surface area contributed by atoms with E-state index in [0.717, 1.165) is 89.3 Å². The molecule has 0 aromatic heterocycles. The topological polar surface area (TPSA) is 42.0 Å². The van der Waals surface area contributed by atoms with Gasteiger partial charge in [0.15, 0.2) is 6.26 Å². The molecule has 1 aromatic carbocycles. The summed E-state index contributed by atoms with van der Waals surface area (Å²) in [5.74, 6) is 1.28. The van der Waals surface area contributed by atoms with Crippen molar-refractivity contribution < 1.29 is 18.7 Å². The highest BCUT2D eigenvalue weighted by atomic mass is 19.1. The Morgan fingerprint density at radius 2 is 1.84 bits per heavy atom. The first kappa shape index (κ1) is 25.8. The largest absolute Gasteiger partial charge is 0.460 e. The molecule has 2 aliphatic heterocycles. The molecular formula is C31H39FN2O3. The summed E-state index contributed by atoms with van der Waals surface area (Å²) >= 11 is 0. The first-order valence-electron chi connectivity index (χ1n) is 14.0. The lowest BCUT2D eigenvalue weighted by Gasteiger charge is -2.37. The first-order valence-corrected chi connectivity index (χ1v) is 14.0. The molecule has 1 atom stereocenters. The van der Waals surface area contributed by atoms with Gasteiger partial charge in [0.1, 0.15) is 23.6 Å². The SMILES string of the molecule is O=C(C1CCCCC1)C(CCN1CCN(C2=COC(CC3=CC=CCC3)=CO2)CC1)c1ccccc1F. The van der Waals surface area contributed by atoms with Crippen molar-refractivity contribution in [3.05, 3.63) is 83.6 Å². The Hall–Kier alpha value is -2.86. The van der Waals surface area contributed by atoms with E-state index in [1.54, 1.807) is 24.7 Å². The Labute approximate surface area is 220 Å². The summed E-state index contributed by atoms with van der Waals surface area (Å²) in [6, 6.07) is 6.84. The maximum Gasteiger partial charge on any atom is 0.231 e. The second kappa shape index (κ2) is 12.6. The molecule has 37 heavy (non-hydrogen) atoms. The van der Waals surface area contributed by atoms with Gasteiger partial charge < -0.3 is 14.4 Å². The zero-order valence-electron chi connectivity index (χ0n) is 21.7. The summed E-state index contributed by atoms with van der Waals surface area (Å²) in [7, 11) is 0. The number of ketones is 1. The molecule has 0 bridgehead atoms. The fourth-order valence-electron chi connectivity index (χ4n) is 5.95. The van der Waals surface area contributed by atoms with Gasteiger partial charge in [-0.1, -0.05) is 61.3 Å². The molecule has 0 spiro atoms. The number of carbonyl (C=O) groups is 1. The molecular weight excluding hydrogens is 467 g/mol. The molecule has 1 saturated heterocycles. The second-order valence-electron chi connectivity index (χ2n) is 10.7. The number of nitrogens with zero attached hydrogens (tertiary/aromatic N) is 2. The molecule has 0 N–H and O–H groups in total. The van der Waals surface area contributed by atoms with Crippen molar-refractivity contribution in [2.45, 2.75) is 63.7 Å². The monoisotopic (exact) mass is 506 g/mol. The normalized spacial score (nSPS) is 21.9. The van der Waals surface area contributed by atoms with Gasteiger partial charge in [0, 0.05) is 44.4 Å². The molecule has 2 fully saturated rings. The van der Waals surface area contributed by atoms with Crippen LogP contribution in [0.2, 0.25) is 0 Å². The van der Waals surface area contributed by atoms with Gasteiger partial charge in [0.25, 0.3) is 0 Å². The van der Waals surface area contributed by atoms with Gasteiger partial charge in [-0.05, 0) is 50.3 Å². The summed E-state index contributed by atoms with van der Waals surface area (Å²) in [5.41, 5.74) is 1.93. The van der Waals surface area contributed by atoms with Gasteiger partial charge >= 0.3 is 0 Å². The number of hydrogen-bond donors (Lipinski definition) is 0. The third-order valence-corrected chi connectivity index (χ3v) is 8.17. The van der Waals surface area contributed by atoms with Crippen LogP contribution in [0, 0.1) is 11.7 Å². The van der Waals surface area contributed by atoms with Crippen molar-refractivity contribution >= 4 is 5.78 Å². The minimum absolute atomic E-state index is 0.0782. The third kappa shape index (κ3) is 6.72. The summed E-state index contributed by atoms with van der Waals surface area (Å²) in [6.07, 6.45) is 18.8. The van der Waals surface area contributed by atoms with E-state index in [0.29, 0.717) is 12.0 Å². The fourth-order valence-corrected chi connectivity index (χ4v) is 5.95. The van der Waals surface area contributed by atoms with Crippen molar-refractivity contribution in [1.29, 1.82) is 0 Å². The van der Waals surface area contributed by atoms with E-state index < -0.39 is 0 Å². The van der Waals surface area contributed by atoms with Gasteiger partial charge in [-0.25, -0.2) is 4.39 Å². The first-order chi connectivity index (χ1) is 18.2. The van der Waals surface area contributed by atoms with Gasteiger partial charge in [-0.2, -0.15) is 0 Å². The lowest BCUT2D eigenvalue weighted by molar-refractivity contribution is -0.125. The predicted molar refractivity (Wildman–Crippen MR) is 143 cm³/mol. The zero-order valence-corrected chi connectivity index (χ0v) is 21.7. The predicted octanol–water partition coefficient (Wildman–Crippen LogP) is 6.42. The van der Waals surface area contributed by atoms with Crippen molar-refractivity contribution in [2.75, 3.05) is 32.7 Å². The molecule has 1 aromatic rings. The Bertz CT molecular complexity index is 1060. The Kier molecular flexibility index (Phi) is 8.77. The van der Waals surface area contributed by atoms with Gasteiger partial charge in [0.2, 0.25) is 5.88 Å².